The molecule has 2 heterocycles. The number of fused-ring (bicyclic) bond motifs is 2. The molecular weight excluding hydrogens is 484 g/mol. The third-order valence-corrected chi connectivity index (χ3v) is 9.23. The van der Waals surface area contributed by atoms with Gasteiger partial charge in [0.25, 0.3) is 0 Å². The second-order valence-corrected chi connectivity index (χ2v) is 12.0. The number of halogens is 1. The summed E-state index contributed by atoms with van der Waals surface area (Å²) in [4.78, 5) is 0. The maximum atomic E-state index is 7.56. The van der Waals surface area contributed by atoms with Crippen molar-refractivity contribution in [3.8, 4) is 0 Å². The van der Waals surface area contributed by atoms with Crippen LogP contribution in [0.15, 0.2) is 97.1 Å². The van der Waals surface area contributed by atoms with Gasteiger partial charge < -0.3 is 5.32 Å². The van der Waals surface area contributed by atoms with E-state index in [0.29, 0.717) is 11.8 Å². The number of hydrogen-bond donors (Lipinski definition) is 1. The van der Waals surface area contributed by atoms with Gasteiger partial charge in [-0.3, -0.25) is 0 Å². The highest BCUT2D eigenvalue weighted by Gasteiger charge is 2.53. The van der Waals surface area contributed by atoms with Crippen molar-refractivity contribution in [2.75, 3.05) is 0 Å². The smallest absolute Gasteiger partial charge is 0.0554 e. The molecule has 194 valence electrons. The molecule has 0 radical (unpaired) electrons. The summed E-state index contributed by atoms with van der Waals surface area (Å²) in [6.45, 7) is 8.62. The Morgan fingerprint density at radius 1 is 0.500 bits per heavy atom. The Labute approximate surface area is 232 Å². The maximum absolute atomic E-state index is 7.56. The van der Waals surface area contributed by atoms with Crippen LogP contribution in [0, 0.1) is 39.5 Å². The van der Waals surface area contributed by atoms with Crippen molar-refractivity contribution in [1.82, 2.24) is 9.74 Å². The Hall–Kier alpha value is -2.91. The average Bonchev–Trinajstić information content (AvgIpc) is 2.92. The summed E-state index contributed by atoms with van der Waals surface area (Å²) in [5.74, 6) is 0.678. The van der Waals surface area contributed by atoms with Crippen molar-refractivity contribution >= 4 is 11.8 Å². The molecule has 2 aliphatic heterocycles. The van der Waals surface area contributed by atoms with E-state index in [1.807, 2.05) is 0 Å². The molecule has 0 aromatic heterocycles. The van der Waals surface area contributed by atoms with E-state index in [4.69, 9.17) is 11.8 Å². The molecule has 0 amide bonds. The molecule has 38 heavy (non-hydrogen) atoms. The standard InChI is InChI=1S/C35H37ClN2/c1-22-5-13-26(14-6-22)32-30-21-31(33(37-32)27-15-7-23(2)8-16-27)35(29-19-11-25(4)12-20-29)38(36)34(30)28-17-9-24(3)10-18-28/h5-20,30-35,37H,21H2,1-4H3/t30-,31+,32-,33+,34-,35+. The van der Waals surface area contributed by atoms with Gasteiger partial charge in [-0.25, -0.2) is 4.42 Å². The van der Waals surface area contributed by atoms with E-state index in [-0.39, 0.29) is 24.2 Å². The largest absolute Gasteiger partial charge is 0.302 e. The summed E-state index contributed by atoms with van der Waals surface area (Å²) in [6, 6.07) is 36.7. The monoisotopic (exact) mass is 520 g/mol. The molecule has 1 N–H and O–H groups in total. The van der Waals surface area contributed by atoms with E-state index in [1.54, 1.807) is 0 Å². The number of benzene rings is 4. The minimum Gasteiger partial charge on any atom is -0.302 e. The van der Waals surface area contributed by atoms with E-state index in [0.717, 1.165) is 6.42 Å². The van der Waals surface area contributed by atoms with Crippen LogP contribution in [0.1, 0.15) is 75.1 Å². The number of rotatable bonds is 4. The maximum Gasteiger partial charge on any atom is 0.0554 e. The van der Waals surface area contributed by atoms with Gasteiger partial charge in [-0.2, -0.15) is 0 Å². The van der Waals surface area contributed by atoms with Gasteiger partial charge >= 0.3 is 0 Å². The zero-order valence-electron chi connectivity index (χ0n) is 22.7. The topological polar surface area (TPSA) is 15.3 Å². The molecule has 6 rings (SSSR count). The van der Waals surface area contributed by atoms with Gasteiger partial charge in [0.05, 0.1) is 12.1 Å². The summed E-state index contributed by atoms with van der Waals surface area (Å²) in [5.41, 5.74) is 10.4. The lowest BCUT2D eigenvalue weighted by atomic mass is 9.65. The van der Waals surface area contributed by atoms with Gasteiger partial charge in [0.2, 0.25) is 0 Å². The fourth-order valence-corrected chi connectivity index (χ4v) is 7.24. The van der Waals surface area contributed by atoms with E-state index in [2.05, 4.69) is 134 Å². The second kappa shape index (κ2) is 10.3. The van der Waals surface area contributed by atoms with Crippen LogP contribution >= 0.6 is 11.8 Å². The number of piperidine rings is 2. The fourth-order valence-electron chi connectivity index (χ4n) is 6.73. The quantitative estimate of drug-likeness (QED) is 0.270. The van der Waals surface area contributed by atoms with Gasteiger partial charge in [0.15, 0.2) is 0 Å². The molecule has 2 nitrogen and oxygen atoms in total. The molecule has 2 bridgehead atoms. The summed E-state index contributed by atoms with van der Waals surface area (Å²) >= 11 is 7.56. The SMILES string of the molecule is Cc1ccc([C@H]2N[C@@H](c3ccc(C)cc3)[C@@H]3C[C@H]2[C@@H](c2ccc(C)cc2)N(Cl)[C@H]3c2ccc(C)cc2)cc1. The van der Waals surface area contributed by atoms with Crippen LogP contribution in [0.4, 0.5) is 0 Å². The zero-order chi connectivity index (χ0) is 26.4. The highest BCUT2D eigenvalue weighted by atomic mass is 35.5. The lowest BCUT2D eigenvalue weighted by Crippen LogP contribution is -2.54. The van der Waals surface area contributed by atoms with Crippen LogP contribution in [-0.2, 0) is 0 Å². The van der Waals surface area contributed by atoms with Gasteiger partial charge in [-0.05, 0) is 80.0 Å². The molecule has 0 aliphatic carbocycles. The summed E-state index contributed by atoms with van der Waals surface area (Å²) in [6.07, 6.45) is 1.10. The van der Waals surface area contributed by atoms with E-state index in [1.165, 1.54) is 44.5 Å². The third kappa shape index (κ3) is 4.71. The van der Waals surface area contributed by atoms with Crippen LogP contribution in [0.2, 0.25) is 0 Å². The van der Waals surface area contributed by atoms with Crippen LogP contribution in [0.25, 0.3) is 0 Å². The van der Waals surface area contributed by atoms with Crippen molar-refractivity contribution in [1.29, 1.82) is 0 Å². The van der Waals surface area contributed by atoms with Crippen LogP contribution in [-0.4, -0.2) is 4.42 Å². The molecule has 2 fully saturated rings. The lowest BCUT2D eigenvalue weighted by Gasteiger charge is -2.56. The fraction of sp³-hybridized carbons (Fsp3) is 0.314. The number of nitrogens with zero attached hydrogens (tertiary/aromatic N) is 1. The van der Waals surface area contributed by atoms with E-state index >= 15 is 0 Å². The molecule has 2 aliphatic rings. The molecular formula is C35H37ClN2. The highest BCUT2D eigenvalue weighted by Crippen LogP contribution is 2.59. The number of hydrogen-bond acceptors (Lipinski definition) is 2. The Balaban J connectivity index is 1.50. The second-order valence-electron chi connectivity index (χ2n) is 11.6. The minimum atomic E-state index is 0.0950. The lowest BCUT2D eigenvalue weighted by molar-refractivity contribution is -0.0140. The normalized spacial score (nSPS) is 27.3. The molecule has 0 unspecified atom stereocenters. The molecule has 3 heteroatoms. The van der Waals surface area contributed by atoms with Crippen LogP contribution in [0.5, 0.6) is 0 Å². The Morgan fingerprint density at radius 2 is 0.789 bits per heavy atom. The number of nitrogens with one attached hydrogen (secondary N) is 1. The predicted molar refractivity (Wildman–Crippen MR) is 158 cm³/mol. The number of aryl methyl sites for hydroxylation is 4. The molecule has 0 spiro atoms. The first-order valence-corrected chi connectivity index (χ1v) is 14.2. The van der Waals surface area contributed by atoms with Crippen molar-refractivity contribution < 1.29 is 0 Å². The van der Waals surface area contributed by atoms with Crippen LogP contribution in [0.3, 0.4) is 0 Å². The Kier molecular flexibility index (Phi) is 6.90. The van der Waals surface area contributed by atoms with E-state index < -0.39 is 0 Å². The predicted octanol–water partition coefficient (Wildman–Crippen LogP) is 8.88. The first-order valence-electron chi connectivity index (χ1n) is 13.9. The molecule has 4 aromatic carbocycles. The summed E-state index contributed by atoms with van der Waals surface area (Å²) in [5, 5.41) is 4.18. The van der Waals surface area contributed by atoms with Gasteiger partial charge in [-0.1, -0.05) is 119 Å². The highest BCUT2D eigenvalue weighted by molar-refractivity contribution is 6.14. The molecule has 2 saturated heterocycles. The Morgan fingerprint density at radius 3 is 1.11 bits per heavy atom. The van der Waals surface area contributed by atoms with Crippen molar-refractivity contribution in [3.63, 3.8) is 0 Å². The van der Waals surface area contributed by atoms with Gasteiger partial charge in [0, 0.05) is 12.1 Å². The average molecular weight is 521 g/mol. The van der Waals surface area contributed by atoms with Crippen LogP contribution < -0.4 is 5.32 Å². The van der Waals surface area contributed by atoms with E-state index in [9.17, 15) is 0 Å². The van der Waals surface area contributed by atoms with Gasteiger partial charge in [0.1, 0.15) is 0 Å². The molecule has 0 saturated carbocycles. The minimum absolute atomic E-state index is 0.0950. The first kappa shape index (κ1) is 25.4. The zero-order valence-corrected chi connectivity index (χ0v) is 23.5. The van der Waals surface area contributed by atoms with Crippen molar-refractivity contribution in [2.45, 2.75) is 58.3 Å². The van der Waals surface area contributed by atoms with Crippen molar-refractivity contribution in [2.24, 2.45) is 11.8 Å². The first-order chi connectivity index (χ1) is 18.4. The summed E-state index contributed by atoms with van der Waals surface area (Å²) < 4.78 is 2.18. The van der Waals surface area contributed by atoms with Gasteiger partial charge in [-0.15, -0.1) is 0 Å². The third-order valence-electron chi connectivity index (χ3n) is 8.81. The summed E-state index contributed by atoms with van der Waals surface area (Å²) in [7, 11) is 0. The molecule has 6 atom stereocenters. The Bertz CT molecular complexity index is 1270. The van der Waals surface area contributed by atoms with Crippen molar-refractivity contribution in [3.05, 3.63) is 142 Å². The molecule has 4 aromatic rings.